The molecule has 21 nitrogen and oxygen atoms in total. The van der Waals surface area contributed by atoms with Crippen molar-refractivity contribution in [1.82, 2.24) is 66.9 Å². The summed E-state index contributed by atoms with van der Waals surface area (Å²) in [5, 5.41) is 4.66. The second kappa shape index (κ2) is 42.1. The van der Waals surface area contributed by atoms with Gasteiger partial charge in [0.1, 0.15) is 69.6 Å². The number of hydrogen-bond acceptors (Lipinski definition) is 14. The Morgan fingerprint density at radius 1 is 0.226 bits per heavy atom. The first kappa shape index (κ1) is 121. The summed E-state index contributed by atoms with van der Waals surface area (Å²) in [4.78, 5) is 123. The lowest BCUT2D eigenvalue weighted by atomic mass is 9.92. The van der Waals surface area contributed by atoms with Gasteiger partial charge in [-0.05, 0) is 262 Å². The van der Waals surface area contributed by atoms with E-state index >= 15 is 0 Å². The van der Waals surface area contributed by atoms with Crippen LogP contribution in [-0.2, 0) is 76.7 Å². The van der Waals surface area contributed by atoms with E-state index in [-0.39, 0.29) is 125 Å². The Labute approximate surface area is 886 Å². The van der Waals surface area contributed by atoms with Gasteiger partial charge in [0.2, 0.25) is 0 Å². The molecule has 792 valence electrons. The smallest absolute Gasteiger partial charge is 0.263 e. The Morgan fingerprint density at radius 2 is 0.521 bits per heavy atom. The van der Waals surface area contributed by atoms with E-state index in [0.717, 1.165) is 40.2 Å². The van der Waals surface area contributed by atoms with Crippen molar-refractivity contribution < 1.29 is 17.6 Å². The lowest BCUT2D eigenvalue weighted by Gasteiger charge is -2.31. The molecule has 0 atom stereocenters. The number of fused-ring (bicyclic) bond motifs is 7. The molecular formula is C115H150Cl6F4N14O7. The fourth-order valence-corrected chi connectivity index (χ4v) is 18.4. The molecule has 0 N–H and O–H groups in total. The maximum atomic E-state index is 14.1. The summed E-state index contributed by atoms with van der Waals surface area (Å²) in [7, 11) is 0. The van der Waals surface area contributed by atoms with E-state index in [1.54, 1.807) is 51.7 Å². The van der Waals surface area contributed by atoms with Crippen LogP contribution < -0.4 is 38.9 Å². The molecular weight excluding hydrogens is 1980 g/mol. The molecule has 0 aliphatic rings. The number of halogens is 10. The Kier molecular flexibility index (Phi) is 34.9. The molecule has 31 heteroatoms. The number of hydrogen-bond donors (Lipinski definition) is 0. The Morgan fingerprint density at radius 3 is 0.918 bits per heavy atom. The molecule has 0 fully saturated rings. The molecule has 0 saturated carbocycles. The number of rotatable bonds is 0. The maximum Gasteiger partial charge on any atom is 0.263 e. The van der Waals surface area contributed by atoms with E-state index in [0.29, 0.717) is 93.0 Å². The van der Waals surface area contributed by atoms with E-state index in [1.807, 2.05) is 272 Å². The fraction of sp³-hybridized carbons (Fsp3) is 0.513. The van der Waals surface area contributed by atoms with Crippen molar-refractivity contribution in [1.29, 1.82) is 0 Å². The zero-order valence-corrected chi connectivity index (χ0v) is 98.6. The molecule has 7 aromatic carbocycles. The topological polar surface area (TPSA) is 244 Å². The van der Waals surface area contributed by atoms with Gasteiger partial charge in [0.25, 0.3) is 38.9 Å². The first-order valence-corrected chi connectivity index (χ1v) is 51.1. The van der Waals surface area contributed by atoms with Crippen LogP contribution in [0.1, 0.15) is 348 Å². The van der Waals surface area contributed by atoms with Gasteiger partial charge in [0.15, 0.2) is 0 Å². The van der Waals surface area contributed by atoms with Crippen LogP contribution in [0.15, 0.2) is 125 Å². The summed E-state index contributed by atoms with van der Waals surface area (Å²) < 4.78 is 66.7. The maximum absolute atomic E-state index is 14.1. The highest BCUT2D eigenvalue weighted by Crippen LogP contribution is 2.39. The lowest BCUT2D eigenvalue weighted by molar-refractivity contribution is 0.337. The molecule has 7 heterocycles. The second-order valence-corrected chi connectivity index (χ2v) is 54.1. The third-order valence-electron chi connectivity index (χ3n) is 23.5. The Bertz CT molecular complexity index is 7440. The number of aromatic nitrogens is 14. The Balaban J connectivity index is 0.000000208. The van der Waals surface area contributed by atoms with Crippen LogP contribution in [0.4, 0.5) is 17.6 Å². The van der Waals surface area contributed by atoms with Gasteiger partial charge in [-0.15, -0.1) is 0 Å². The summed E-state index contributed by atoms with van der Waals surface area (Å²) >= 11 is 36.7. The van der Waals surface area contributed by atoms with Crippen molar-refractivity contribution in [3.05, 3.63) is 274 Å². The normalized spacial score (nSPS) is 13.0. The van der Waals surface area contributed by atoms with Gasteiger partial charge in [-0.1, -0.05) is 221 Å². The van der Waals surface area contributed by atoms with Crippen molar-refractivity contribution in [3.63, 3.8) is 0 Å². The van der Waals surface area contributed by atoms with Crippen LogP contribution in [0.2, 0.25) is 30.1 Å². The minimum Gasteiger partial charge on any atom is -0.290 e. The highest BCUT2D eigenvalue weighted by Gasteiger charge is 2.38. The number of nitrogens with zero attached hydrogens (tertiary/aromatic N) is 14. The van der Waals surface area contributed by atoms with Crippen LogP contribution >= 0.6 is 69.6 Å². The summed E-state index contributed by atoms with van der Waals surface area (Å²) in [6.07, 6.45) is 0. The standard InChI is InChI=1S/3C17H23ClN2O.3C16H20ClFN2O.C16H21FN2O/c1-10-8-11(18)9-12-13(10)14(21)20(17(5,6)7)15(19-12)16(2,3)4;1-10-11(18)8-9-12-13(10)14(21)20(17(5,6)7)15(19-12)16(2,3)4;1-10-8-9-11(18)13-12(10)14(21)20(17(5,6)7)15(19-13)16(2,3)4;1-15(2,3)14-19-11-8-9(18)7-10(17)12(11)13(21)20(14)16(4,5)6;1-15(2,3)14-19-10-8-7-9(18)12(17)11(10)13(21)20(14)16(4,5)6;1-15(2,3)14-19-12-10(18)8-7-9(17)11(12)13(21)20(14)16(4,5)6;1-15(2,3)14-18-12-8-7-10(17)9-11(12)13(20)19(14)16(4,5)6/h3*8-9H,1-7H3;3*7-8H,1-6H3;7-9H,1-6H3. The van der Waals surface area contributed by atoms with Crippen LogP contribution in [0.25, 0.3) is 76.3 Å². The summed E-state index contributed by atoms with van der Waals surface area (Å²) in [5.41, 5.74) is 0.00619. The van der Waals surface area contributed by atoms with Gasteiger partial charge >= 0.3 is 0 Å². The van der Waals surface area contributed by atoms with Crippen molar-refractivity contribution >= 4 is 146 Å². The van der Waals surface area contributed by atoms with Crippen LogP contribution in [-0.4, -0.2) is 66.9 Å². The predicted octanol–water partition coefficient (Wildman–Crippen LogP) is 29.5. The molecule has 0 amide bonds. The zero-order chi connectivity index (χ0) is 112. The summed E-state index contributed by atoms with van der Waals surface area (Å²) in [6, 6.07) is 22.8. The molecule has 7 aromatic heterocycles. The molecule has 0 unspecified atom stereocenters. The second-order valence-electron chi connectivity index (χ2n) is 51.7. The lowest BCUT2D eigenvalue weighted by Crippen LogP contribution is -2.41. The molecule has 146 heavy (non-hydrogen) atoms. The van der Waals surface area contributed by atoms with Gasteiger partial charge < -0.3 is 0 Å². The van der Waals surface area contributed by atoms with Gasteiger partial charge in [0.05, 0.1) is 90.9 Å². The van der Waals surface area contributed by atoms with E-state index in [4.69, 9.17) is 84.6 Å². The van der Waals surface area contributed by atoms with Crippen LogP contribution in [0, 0.1) is 44.0 Å². The van der Waals surface area contributed by atoms with Crippen molar-refractivity contribution in [2.24, 2.45) is 0 Å². The predicted molar refractivity (Wildman–Crippen MR) is 602 cm³/mol. The first-order valence-electron chi connectivity index (χ1n) is 48.8. The van der Waals surface area contributed by atoms with E-state index in [2.05, 4.69) is 82.2 Å². The van der Waals surface area contributed by atoms with Crippen molar-refractivity contribution in [2.75, 3.05) is 0 Å². The van der Waals surface area contributed by atoms with Crippen LogP contribution in [0.5, 0.6) is 0 Å². The molecule has 14 aromatic rings. The molecule has 0 aliphatic heterocycles. The molecule has 0 saturated heterocycles. The third kappa shape index (κ3) is 26.5. The van der Waals surface area contributed by atoms with Gasteiger partial charge in [0, 0.05) is 92.8 Å². The SMILES string of the molecule is CC(C)(C)c1nc2c(F)ccc(Cl)c2c(=O)n1C(C)(C)C.CC(C)(C)c1nc2cc(F)cc(Cl)c2c(=O)n1C(C)(C)C.CC(C)(C)c1nc2ccc(F)c(Cl)c2c(=O)n1C(C)(C)C.CC(C)(C)c1nc2ccc(F)cc2c(=O)n1C(C)(C)C.Cc1c(Cl)ccc2nc(C(C)(C)C)n(C(C)(C)C)c(=O)c12.Cc1cc(Cl)cc2nc(C(C)(C)C)n(C(C)(C)C)c(=O)c12.Cc1ccc(Cl)c2nc(C(C)(C)C)n(C(C)(C)C)c(=O)c12. The monoisotopic (exact) mass is 2120 g/mol. The van der Waals surface area contributed by atoms with Gasteiger partial charge in [-0.3, -0.25) is 65.5 Å². The highest BCUT2D eigenvalue weighted by molar-refractivity contribution is 6.37. The zero-order valence-electron chi connectivity index (χ0n) is 94.1. The Hall–Kier alpha value is -10.0. The van der Waals surface area contributed by atoms with E-state index < -0.39 is 50.8 Å². The third-order valence-corrected chi connectivity index (χ3v) is 25.4. The molecule has 0 spiro atoms. The van der Waals surface area contributed by atoms with E-state index in [9.17, 15) is 51.1 Å². The summed E-state index contributed by atoms with van der Waals surface area (Å²) in [6.45, 7) is 89.6. The first-order chi connectivity index (χ1) is 65.6. The minimum absolute atomic E-state index is 0.00610. The van der Waals surface area contributed by atoms with E-state index in [1.165, 1.54) is 42.5 Å². The van der Waals surface area contributed by atoms with Crippen LogP contribution in [0.3, 0.4) is 0 Å². The number of aryl methyl sites for hydroxylation is 3. The van der Waals surface area contributed by atoms with Gasteiger partial charge in [-0.25, -0.2) is 52.4 Å². The van der Waals surface area contributed by atoms with Gasteiger partial charge in [-0.2, -0.15) is 0 Å². The molecule has 0 aliphatic carbocycles. The molecule has 0 bridgehead atoms. The highest BCUT2D eigenvalue weighted by atomic mass is 35.5. The minimum atomic E-state index is -0.605. The molecule has 14 rings (SSSR count). The average molecular weight is 2130 g/mol. The fourth-order valence-electron chi connectivity index (χ4n) is 17.0. The summed E-state index contributed by atoms with van der Waals surface area (Å²) in [5.74, 6) is 2.86. The van der Waals surface area contributed by atoms with Crippen molar-refractivity contribution in [3.8, 4) is 0 Å². The average Bonchev–Trinajstić information content (AvgIpc) is 0.726. The molecule has 0 radical (unpaired) electrons. The largest absolute Gasteiger partial charge is 0.290 e. The number of benzene rings is 7. The van der Waals surface area contributed by atoms with Crippen molar-refractivity contribution in [2.45, 2.75) is 388 Å². The quantitative estimate of drug-likeness (QED) is 0.128.